The van der Waals surface area contributed by atoms with Crippen LogP contribution in [0, 0.1) is 6.92 Å². The molecule has 0 aromatic carbocycles. The Labute approximate surface area is 126 Å². The second-order valence-corrected chi connectivity index (χ2v) is 4.46. The van der Waals surface area contributed by atoms with E-state index in [0.29, 0.717) is 29.8 Å². The SMILES string of the molecule is Cc1c(CC[n+]2cccc(C(N)=O)c2)[nH]c(=O)[nH]c1=O.[Cl-]. The molecule has 0 spiro atoms. The standard InChI is InChI=1S/C13H14N4O3.ClH/c1-8-10(15-13(20)16-12(8)19)4-6-17-5-2-3-9(7-17)11(14)18;/h2-3,5,7H,4,6H2,1H3,(H3-,14,15,16,18,19,20);1H. The molecule has 2 aromatic heterocycles. The summed E-state index contributed by atoms with van der Waals surface area (Å²) in [5, 5.41) is 0. The number of carbonyl (C=O) groups is 1. The highest BCUT2D eigenvalue weighted by Gasteiger charge is 2.10. The number of carbonyl (C=O) groups excluding carboxylic acids is 1. The second-order valence-electron chi connectivity index (χ2n) is 4.46. The highest BCUT2D eigenvalue weighted by Crippen LogP contribution is 1.97. The van der Waals surface area contributed by atoms with E-state index in [1.54, 1.807) is 36.0 Å². The van der Waals surface area contributed by atoms with Gasteiger partial charge in [0.25, 0.3) is 11.5 Å². The fourth-order valence-electron chi connectivity index (χ4n) is 1.89. The van der Waals surface area contributed by atoms with Gasteiger partial charge in [0.15, 0.2) is 18.9 Å². The zero-order valence-corrected chi connectivity index (χ0v) is 12.1. The molecule has 0 aliphatic rings. The number of nitrogens with two attached hydrogens (primary N) is 1. The smallest absolute Gasteiger partial charge is 0.325 e. The Bertz CT molecular complexity index is 766. The maximum Gasteiger partial charge on any atom is 0.325 e. The topological polar surface area (TPSA) is 113 Å². The van der Waals surface area contributed by atoms with E-state index < -0.39 is 11.6 Å². The number of aromatic amines is 2. The van der Waals surface area contributed by atoms with Crippen LogP contribution in [0.1, 0.15) is 21.6 Å². The van der Waals surface area contributed by atoms with Gasteiger partial charge in [-0.1, -0.05) is 0 Å². The van der Waals surface area contributed by atoms with Gasteiger partial charge < -0.3 is 23.1 Å². The van der Waals surface area contributed by atoms with Crippen LogP contribution in [0.15, 0.2) is 34.1 Å². The van der Waals surface area contributed by atoms with Gasteiger partial charge in [0, 0.05) is 23.7 Å². The summed E-state index contributed by atoms with van der Waals surface area (Å²) in [5.41, 5.74) is 5.77. The lowest BCUT2D eigenvalue weighted by atomic mass is 10.2. The average Bonchev–Trinajstić information content (AvgIpc) is 2.41. The van der Waals surface area contributed by atoms with Crippen LogP contribution in [0.4, 0.5) is 0 Å². The molecule has 0 aliphatic carbocycles. The molecule has 112 valence electrons. The van der Waals surface area contributed by atoms with Crippen LogP contribution < -0.4 is 34.0 Å². The number of nitrogens with zero attached hydrogens (tertiary/aromatic N) is 1. The van der Waals surface area contributed by atoms with Gasteiger partial charge in [-0.15, -0.1) is 0 Å². The van der Waals surface area contributed by atoms with E-state index in [1.165, 1.54) is 0 Å². The number of H-pyrrole nitrogens is 2. The number of halogens is 1. The number of hydrogen-bond acceptors (Lipinski definition) is 3. The zero-order chi connectivity index (χ0) is 14.7. The Hall–Kier alpha value is -2.41. The molecule has 2 aromatic rings. The highest BCUT2D eigenvalue weighted by atomic mass is 35.5. The van der Waals surface area contributed by atoms with Crippen LogP contribution in [0.2, 0.25) is 0 Å². The van der Waals surface area contributed by atoms with Crippen molar-refractivity contribution >= 4 is 5.91 Å². The molecular formula is C13H15ClN4O3. The van der Waals surface area contributed by atoms with E-state index in [2.05, 4.69) is 9.97 Å². The molecule has 0 bridgehead atoms. The van der Waals surface area contributed by atoms with E-state index in [0.717, 1.165) is 0 Å². The maximum atomic E-state index is 11.5. The van der Waals surface area contributed by atoms with Crippen LogP contribution in [-0.4, -0.2) is 15.9 Å². The largest absolute Gasteiger partial charge is 1.00 e. The van der Waals surface area contributed by atoms with Crippen molar-refractivity contribution in [2.75, 3.05) is 0 Å². The van der Waals surface area contributed by atoms with Gasteiger partial charge in [0.2, 0.25) is 0 Å². The van der Waals surface area contributed by atoms with E-state index in [1.807, 2.05) is 0 Å². The molecule has 0 saturated heterocycles. The molecule has 4 N–H and O–H groups in total. The molecule has 21 heavy (non-hydrogen) atoms. The number of aromatic nitrogens is 3. The number of amides is 1. The van der Waals surface area contributed by atoms with Crippen molar-refractivity contribution in [2.45, 2.75) is 19.9 Å². The molecule has 7 nitrogen and oxygen atoms in total. The minimum absolute atomic E-state index is 0. The fourth-order valence-corrected chi connectivity index (χ4v) is 1.89. The Balaban J connectivity index is 0.00000220. The van der Waals surface area contributed by atoms with Gasteiger partial charge in [-0.2, -0.15) is 0 Å². The third-order valence-electron chi connectivity index (χ3n) is 3.05. The molecule has 0 radical (unpaired) electrons. The molecule has 1 amide bonds. The van der Waals surface area contributed by atoms with Crippen LogP contribution >= 0.6 is 0 Å². The minimum Gasteiger partial charge on any atom is -1.00 e. The average molecular weight is 311 g/mol. The first-order valence-corrected chi connectivity index (χ1v) is 6.08. The van der Waals surface area contributed by atoms with Crippen LogP contribution in [-0.2, 0) is 13.0 Å². The van der Waals surface area contributed by atoms with Crippen molar-refractivity contribution in [1.82, 2.24) is 9.97 Å². The third-order valence-corrected chi connectivity index (χ3v) is 3.05. The van der Waals surface area contributed by atoms with Crippen molar-refractivity contribution in [1.29, 1.82) is 0 Å². The maximum absolute atomic E-state index is 11.5. The summed E-state index contributed by atoms with van der Waals surface area (Å²) < 4.78 is 1.78. The minimum atomic E-state index is -0.522. The third kappa shape index (κ3) is 4.03. The number of primary amides is 1. The van der Waals surface area contributed by atoms with Crippen molar-refractivity contribution in [2.24, 2.45) is 5.73 Å². The fraction of sp³-hybridized carbons (Fsp3) is 0.231. The lowest BCUT2D eigenvalue weighted by Gasteiger charge is -2.02. The monoisotopic (exact) mass is 310 g/mol. The van der Waals surface area contributed by atoms with Gasteiger partial charge in [-0.3, -0.25) is 14.6 Å². The normalized spacial score (nSPS) is 9.95. The van der Waals surface area contributed by atoms with Gasteiger partial charge in [0.1, 0.15) is 5.56 Å². The summed E-state index contributed by atoms with van der Waals surface area (Å²) >= 11 is 0. The Kier molecular flexibility index (Phi) is 5.43. The number of aryl methyl sites for hydroxylation is 2. The van der Waals surface area contributed by atoms with Gasteiger partial charge >= 0.3 is 5.69 Å². The Morgan fingerprint density at radius 2 is 2.05 bits per heavy atom. The van der Waals surface area contributed by atoms with Crippen molar-refractivity contribution in [3.63, 3.8) is 0 Å². The number of pyridine rings is 1. The van der Waals surface area contributed by atoms with E-state index in [-0.39, 0.29) is 18.0 Å². The summed E-state index contributed by atoms with van der Waals surface area (Å²) in [5.74, 6) is -0.500. The summed E-state index contributed by atoms with van der Waals surface area (Å²) in [4.78, 5) is 38.6. The predicted octanol–water partition coefficient (Wildman–Crippen LogP) is -4.00. The lowest BCUT2D eigenvalue weighted by Crippen LogP contribution is -3.00. The van der Waals surface area contributed by atoms with Crippen molar-refractivity contribution in [3.8, 4) is 0 Å². The summed E-state index contributed by atoms with van der Waals surface area (Å²) in [6, 6.07) is 3.34. The zero-order valence-electron chi connectivity index (χ0n) is 11.4. The number of hydrogen-bond donors (Lipinski definition) is 3. The lowest BCUT2D eigenvalue weighted by molar-refractivity contribution is -0.696. The first-order chi connectivity index (χ1) is 9.47. The second kappa shape index (κ2) is 6.85. The first kappa shape index (κ1) is 16.6. The van der Waals surface area contributed by atoms with Crippen LogP contribution in [0.3, 0.4) is 0 Å². The first-order valence-electron chi connectivity index (χ1n) is 6.08. The van der Waals surface area contributed by atoms with E-state index in [4.69, 9.17) is 5.73 Å². The highest BCUT2D eigenvalue weighted by molar-refractivity contribution is 5.92. The molecule has 0 atom stereocenters. The van der Waals surface area contributed by atoms with Gasteiger partial charge in [0.05, 0.1) is 0 Å². The molecule has 0 unspecified atom stereocenters. The molecule has 0 fully saturated rings. The summed E-state index contributed by atoms with van der Waals surface area (Å²) in [7, 11) is 0. The quantitative estimate of drug-likeness (QED) is 0.500. The number of nitrogens with one attached hydrogen (secondary N) is 2. The van der Waals surface area contributed by atoms with Gasteiger partial charge in [-0.25, -0.2) is 9.36 Å². The van der Waals surface area contributed by atoms with E-state index >= 15 is 0 Å². The predicted molar refractivity (Wildman–Crippen MR) is 71.3 cm³/mol. The molecule has 0 saturated carbocycles. The molecule has 2 heterocycles. The number of rotatable bonds is 4. The summed E-state index contributed by atoms with van der Waals surface area (Å²) in [6.07, 6.45) is 3.88. The Morgan fingerprint density at radius 3 is 2.71 bits per heavy atom. The van der Waals surface area contributed by atoms with Crippen molar-refractivity contribution in [3.05, 3.63) is 62.2 Å². The van der Waals surface area contributed by atoms with Crippen LogP contribution in [0.25, 0.3) is 0 Å². The Morgan fingerprint density at radius 1 is 1.33 bits per heavy atom. The molecular weight excluding hydrogens is 296 g/mol. The van der Waals surface area contributed by atoms with Crippen LogP contribution in [0.5, 0.6) is 0 Å². The van der Waals surface area contributed by atoms with Crippen molar-refractivity contribution < 1.29 is 21.8 Å². The molecule has 0 aliphatic heterocycles. The molecule has 2 rings (SSSR count). The van der Waals surface area contributed by atoms with Gasteiger partial charge in [-0.05, 0) is 13.0 Å². The summed E-state index contributed by atoms with van der Waals surface area (Å²) in [6.45, 7) is 2.16. The van der Waals surface area contributed by atoms with E-state index in [9.17, 15) is 14.4 Å². The molecule has 8 heteroatoms.